The smallest absolute Gasteiger partial charge is 0.0726 e. The quantitative estimate of drug-likeness (QED) is 0.216. The molecule has 0 saturated carbocycles. The van der Waals surface area contributed by atoms with E-state index in [1.54, 1.807) is 0 Å². The number of rotatable bonds is 2. The summed E-state index contributed by atoms with van der Waals surface area (Å²) in [5.41, 5.74) is 8.55. The summed E-state index contributed by atoms with van der Waals surface area (Å²) in [4.78, 5) is 3.61. The van der Waals surface area contributed by atoms with Gasteiger partial charge in [-0.05, 0) is 70.4 Å². The standard InChI is InChI=1S/C40H24N2S/c1-2-10-25-21-27(19-17-24(25)9-1)42-36-15-7-4-13-30(36)38-31(23-33-29-12-5-8-16-37(29)43-40(33)39(38)42)26-18-20-35-32(22-26)28-11-3-6-14-34(28)41-35/h1-23,41H. The highest BCUT2D eigenvalue weighted by Gasteiger charge is 2.22. The van der Waals surface area contributed by atoms with Gasteiger partial charge in [-0.2, -0.15) is 0 Å². The van der Waals surface area contributed by atoms with Crippen molar-refractivity contribution in [3.63, 3.8) is 0 Å². The number of thiophene rings is 1. The monoisotopic (exact) mass is 564 g/mol. The predicted molar refractivity (Wildman–Crippen MR) is 186 cm³/mol. The van der Waals surface area contributed by atoms with E-state index in [0.29, 0.717) is 0 Å². The van der Waals surface area contributed by atoms with Crippen LogP contribution >= 0.6 is 11.3 Å². The van der Waals surface area contributed by atoms with Gasteiger partial charge in [-0.25, -0.2) is 0 Å². The molecule has 0 spiro atoms. The predicted octanol–water partition coefficient (Wildman–Crippen LogP) is 11.6. The number of para-hydroxylation sites is 2. The second kappa shape index (κ2) is 8.57. The molecule has 0 amide bonds. The van der Waals surface area contributed by atoms with Gasteiger partial charge in [0, 0.05) is 53.7 Å². The fraction of sp³-hybridized carbons (Fsp3) is 0. The lowest BCUT2D eigenvalue weighted by Gasteiger charge is -2.12. The Morgan fingerprint density at radius 2 is 1.26 bits per heavy atom. The number of hydrogen-bond acceptors (Lipinski definition) is 1. The van der Waals surface area contributed by atoms with E-state index in [1.807, 2.05) is 11.3 Å². The molecule has 43 heavy (non-hydrogen) atoms. The minimum atomic E-state index is 1.17. The van der Waals surface area contributed by atoms with Crippen LogP contribution in [0.4, 0.5) is 0 Å². The fourth-order valence-electron chi connectivity index (χ4n) is 7.16. The zero-order chi connectivity index (χ0) is 28.1. The molecular weight excluding hydrogens is 541 g/mol. The van der Waals surface area contributed by atoms with E-state index in [-0.39, 0.29) is 0 Å². The van der Waals surface area contributed by atoms with Gasteiger partial charge in [-0.3, -0.25) is 0 Å². The lowest BCUT2D eigenvalue weighted by Crippen LogP contribution is -1.94. The molecule has 0 aliphatic carbocycles. The maximum absolute atomic E-state index is 3.61. The van der Waals surface area contributed by atoms with Crippen LogP contribution in [0, 0.1) is 0 Å². The number of nitrogens with one attached hydrogen (secondary N) is 1. The topological polar surface area (TPSA) is 20.7 Å². The van der Waals surface area contributed by atoms with Crippen molar-refractivity contribution in [1.29, 1.82) is 0 Å². The Morgan fingerprint density at radius 1 is 0.512 bits per heavy atom. The van der Waals surface area contributed by atoms with Crippen LogP contribution < -0.4 is 0 Å². The largest absolute Gasteiger partial charge is 0.355 e. The summed E-state index contributed by atoms with van der Waals surface area (Å²) in [6, 6.07) is 51.2. The van der Waals surface area contributed by atoms with Crippen LogP contribution in [0.15, 0.2) is 140 Å². The van der Waals surface area contributed by atoms with Crippen molar-refractivity contribution in [2.45, 2.75) is 0 Å². The highest BCUT2D eigenvalue weighted by molar-refractivity contribution is 7.26. The number of aromatic amines is 1. The van der Waals surface area contributed by atoms with Gasteiger partial charge >= 0.3 is 0 Å². The van der Waals surface area contributed by atoms with E-state index < -0.39 is 0 Å². The first kappa shape index (κ1) is 23.2. The third-order valence-electron chi connectivity index (χ3n) is 9.09. The van der Waals surface area contributed by atoms with E-state index in [9.17, 15) is 0 Å². The summed E-state index contributed by atoms with van der Waals surface area (Å²) in [5.74, 6) is 0. The Hall–Kier alpha value is -5.38. The Morgan fingerprint density at radius 3 is 2.19 bits per heavy atom. The molecule has 200 valence electrons. The number of hydrogen-bond donors (Lipinski definition) is 1. The molecule has 0 saturated heterocycles. The summed E-state index contributed by atoms with van der Waals surface area (Å²) >= 11 is 1.90. The van der Waals surface area contributed by atoms with Crippen molar-refractivity contribution in [3.8, 4) is 16.8 Å². The number of fused-ring (bicyclic) bond motifs is 11. The minimum absolute atomic E-state index is 1.17. The van der Waals surface area contributed by atoms with Gasteiger partial charge in [0.15, 0.2) is 0 Å². The molecule has 0 bridgehead atoms. The van der Waals surface area contributed by atoms with Gasteiger partial charge in [0.1, 0.15) is 0 Å². The molecule has 0 fully saturated rings. The van der Waals surface area contributed by atoms with E-state index in [0.717, 1.165) is 0 Å². The summed E-state index contributed by atoms with van der Waals surface area (Å²) < 4.78 is 5.15. The van der Waals surface area contributed by atoms with E-state index >= 15 is 0 Å². The number of nitrogens with zero attached hydrogens (tertiary/aromatic N) is 1. The molecule has 0 aliphatic rings. The maximum atomic E-state index is 3.61. The molecule has 2 nitrogen and oxygen atoms in total. The second-order valence-electron chi connectivity index (χ2n) is 11.4. The van der Waals surface area contributed by atoms with Gasteiger partial charge in [0.05, 0.1) is 15.7 Å². The summed E-state index contributed by atoms with van der Waals surface area (Å²) in [7, 11) is 0. The van der Waals surface area contributed by atoms with Crippen LogP contribution in [0.25, 0.3) is 91.4 Å². The molecule has 3 heteroatoms. The number of H-pyrrole nitrogens is 1. The number of benzene rings is 7. The first-order valence-corrected chi connectivity index (χ1v) is 15.5. The van der Waals surface area contributed by atoms with Crippen LogP contribution in [-0.4, -0.2) is 9.55 Å². The lowest BCUT2D eigenvalue weighted by atomic mass is 9.95. The van der Waals surface area contributed by atoms with Crippen LogP contribution in [0.3, 0.4) is 0 Å². The van der Waals surface area contributed by atoms with Crippen LogP contribution in [-0.2, 0) is 0 Å². The van der Waals surface area contributed by atoms with Crippen molar-refractivity contribution in [2.75, 3.05) is 0 Å². The van der Waals surface area contributed by atoms with Crippen molar-refractivity contribution >= 4 is 85.9 Å². The zero-order valence-corrected chi connectivity index (χ0v) is 24.0. The van der Waals surface area contributed by atoms with E-state index in [2.05, 4.69) is 149 Å². The van der Waals surface area contributed by atoms with E-state index in [1.165, 1.54) is 91.4 Å². The average Bonchev–Trinajstić information content (AvgIpc) is 3.73. The zero-order valence-electron chi connectivity index (χ0n) is 23.1. The minimum Gasteiger partial charge on any atom is -0.355 e. The highest BCUT2D eigenvalue weighted by Crippen LogP contribution is 2.47. The van der Waals surface area contributed by atoms with Gasteiger partial charge in [0.2, 0.25) is 0 Å². The molecular formula is C40H24N2S. The molecule has 0 atom stereocenters. The Bertz CT molecular complexity index is 2740. The van der Waals surface area contributed by atoms with Crippen LogP contribution in [0.1, 0.15) is 0 Å². The summed E-state index contributed by atoms with van der Waals surface area (Å²) in [5, 5.41) is 10.2. The fourth-order valence-corrected chi connectivity index (χ4v) is 8.38. The molecule has 3 heterocycles. The third kappa shape index (κ3) is 3.23. The molecule has 10 rings (SSSR count). The van der Waals surface area contributed by atoms with Gasteiger partial charge in [-0.15, -0.1) is 11.3 Å². The van der Waals surface area contributed by atoms with Gasteiger partial charge in [-0.1, -0.05) is 91.0 Å². The molecule has 3 aromatic heterocycles. The molecule has 0 unspecified atom stereocenters. The molecule has 10 aromatic rings. The van der Waals surface area contributed by atoms with Crippen molar-refractivity contribution in [2.24, 2.45) is 0 Å². The second-order valence-corrected chi connectivity index (χ2v) is 12.5. The number of aromatic nitrogens is 2. The average molecular weight is 565 g/mol. The summed E-state index contributed by atoms with van der Waals surface area (Å²) in [6.07, 6.45) is 0. The summed E-state index contributed by atoms with van der Waals surface area (Å²) in [6.45, 7) is 0. The molecule has 0 radical (unpaired) electrons. The third-order valence-corrected chi connectivity index (χ3v) is 10.3. The van der Waals surface area contributed by atoms with Gasteiger partial charge in [0.25, 0.3) is 0 Å². The first-order chi connectivity index (χ1) is 21.3. The Labute approximate surface area is 251 Å². The normalized spacial score (nSPS) is 12.2. The van der Waals surface area contributed by atoms with Crippen molar-refractivity contribution in [1.82, 2.24) is 9.55 Å². The Kier molecular flexibility index (Phi) is 4.63. The highest BCUT2D eigenvalue weighted by atomic mass is 32.1. The molecule has 0 aliphatic heterocycles. The first-order valence-electron chi connectivity index (χ1n) is 14.7. The maximum Gasteiger partial charge on any atom is 0.0726 e. The van der Waals surface area contributed by atoms with Crippen molar-refractivity contribution < 1.29 is 0 Å². The van der Waals surface area contributed by atoms with Crippen molar-refractivity contribution in [3.05, 3.63) is 140 Å². The lowest BCUT2D eigenvalue weighted by molar-refractivity contribution is 1.19. The van der Waals surface area contributed by atoms with E-state index in [4.69, 9.17) is 0 Å². The molecule has 1 N–H and O–H groups in total. The SMILES string of the molecule is c1ccc2cc(-n3c4ccccc4c4c(-c5ccc6[nH]c7ccccc7c6c5)cc5c6ccccc6sc5c43)ccc2c1. The van der Waals surface area contributed by atoms with Gasteiger partial charge < -0.3 is 9.55 Å². The van der Waals surface area contributed by atoms with Crippen LogP contribution in [0.2, 0.25) is 0 Å². The Balaban J connectivity index is 1.41. The molecule has 7 aromatic carbocycles. The van der Waals surface area contributed by atoms with Crippen LogP contribution in [0.5, 0.6) is 0 Å².